The number of benzene rings is 1. The summed E-state index contributed by atoms with van der Waals surface area (Å²) in [6.07, 6.45) is 5.27. The van der Waals surface area contributed by atoms with Gasteiger partial charge >= 0.3 is 0 Å². The second-order valence-corrected chi connectivity index (χ2v) is 7.67. The van der Waals surface area contributed by atoms with Gasteiger partial charge in [0.25, 0.3) is 11.8 Å². The molecule has 0 radical (unpaired) electrons. The minimum Gasteiger partial charge on any atom is -0.483 e. The van der Waals surface area contributed by atoms with E-state index in [9.17, 15) is 9.59 Å². The van der Waals surface area contributed by atoms with Crippen molar-refractivity contribution in [1.82, 2.24) is 15.5 Å². The molecule has 7 heteroatoms. The zero-order valence-corrected chi connectivity index (χ0v) is 17.7. The number of hydrogen-bond donors (Lipinski definition) is 2. The smallest absolute Gasteiger partial charge is 0.260 e. The highest BCUT2D eigenvalue weighted by molar-refractivity contribution is 5.95. The summed E-state index contributed by atoms with van der Waals surface area (Å²) in [4.78, 5) is 26.8. The number of halogens is 1. The number of likely N-dealkylation sites (tertiary alicyclic amines) is 1. The van der Waals surface area contributed by atoms with Crippen molar-refractivity contribution in [3.63, 3.8) is 0 Å². The van der Waals surface area contributed by atoms with Crippen LogP contribution in [0.4, 0.5) is 0 Å². The van der Waals surface area contributed by atoms with Crippen LogP contribution in [0, 0.1) is 13.8 Å². The highest BCUT2D eigenvalue weighted by Crippen LogP contribution is 2.25. The highest BCUT2D eigenvalue weighted by atomic mass is 35.5. The van der Waals surface area contributed by atoms with Gasteiger partial charge in [0.05, 0.1) is 0 Å². The van der Waals surface area contributed by atoms with Gasteiger partial charge in [0.15, 0.2) is 6.61 Å². The third-order valence-corrected chi connectivity index (χ3v) is 5.45. The van der Waals surface area contributed by atoms with E-state index in [4.69, 9.17) is 4.74 Å². The molecule has 0 spiro atoms. The SMILES string of the molecule is Cc1cc(C(=O)NC2CCNCC2)cc(C)c1OCC(=O)N1CCCCC1.Cl. The number of amides is 2. The largest absolute Gasteiger partial charge is 0.483 e. The number of hydrogen-bond acceptors (Lipinski definition) is 4. The van der Waals surface area contributed by atoms with Crippen LogP contribution in [0.1, 0.15) is 53.6 Å². The van der Waals surface area contributed by atoms with Crippen molar-refractivity contribution in [2.45, 2.75) is 52.0 Å². The van der Waals surface area contributed by atoms with Crippen LogP contribution in [0.2, 0.25) is 0 Å². The van der Waals surface area contributed by atoms with Gasteiger partial charge in [-0.1, -0.05) is 0 Å². The molecule has 6 nitrogen and oxygen atoms in total. The van der Waals surface area contributed by atoms with E-state index in [1.54, 1.807) is 0 Å². The molecule has 0 aromatic heterocycles. The van der Waals surface area contributed by atoms with E-state index in [1.165, 1.54) is 6.42 Å². The lowest BCUT2D eigenvalue weighted by molar-refractivity contribution is -0.134. The van der Waals surface area contributed by atoms with E-state index < -0.39 is 0 Å². The summed E-state index contributed by atoms with van der Waals surface area (Å²) in [5, 5.41) is 6.42. The molecule has 0 bridgehead atoms. The standard InChI is InChI=1S/C21H31N3O3.ClH/c1-15-12-17(21(26)23-18-6-8-22-9-7-18)13-16(2)20(15)27-14-19(25)24-10-4-3-5-11-24;/h12-13,18,22H,3-11,14H2,1-2H3,(H,23,26);1H. The van der Waals surface area contributed by atoms with Crippen LogP contribution >= 0.6 is 12.4 Å². The van der Waals surface area contributed by atoms with Gasteiger partial charge in [-0.25, -0.2) is 0 Å². The van der Waals surface area contributed by atoms with E-state index in [2.05, 4.69) is 10.6 Å². The molecule has 2 aliphatic heterocycles. The van der Waals surface area contributed by atoms with Crippen LogP contribution in [0.15, 0.2) is 12.1 Å². The lowest BCUT2D eigenvalue weighted by Crippen LogP contribution is -2.42. The maximum Gasteiger partial charge on any atom is 0.260 e. The summed E-state index contributed by atoms with van der Waals surface area (Å²) in [6, 6.07) is 3.94. The number of piperidine rings is 2. The minimum atomic E-state index is -0.0379. The second-order valence-electron chi connectivity index (χ2n) is 7.67. The first-order chi connectivity index (χ1) is 13.0. The van der Waals surface area contributed by atoms with Crippen LogP contribution < -0.4 is 15.4 Å². The van der Waals surface area contributed by atoms with E-state index in [0.717, 1.165) is 63.0 Å². The lowest BCUT2D eigenvalue weighted by atomic mass is 10.0. The van der Waals surface area contributed by atoms with Gasteiger partial charge in [-0.15, -0.1) is 12.4 Å². The molecule has 2 N–H and O–H groups in total. The Morgan fingerprint density at radius 3 is 2.32 bits per heavy atom. The van der Waals surface area contributed by atoms with Gasteiger partial charge in [0, 0.05) is 24.7 Å². The molecule has 0 unspecified atom stereocenters. The molecular formula is C21H32ClN3O3. The fourth-order valence-electron chi connectivity index (χ4n) is 3.91. The van der Waals surface area contributed by atoms with Crippen molar-refractivity contribution in [1.29, 1.82) is 0 Å². The summed E-state index contributed by atoms with van der Waals surface area (Å²) in [6.45, 7) is 7.46. The molecule has 2 fully saturated rings. The predicted octanol–water partition coefficient (Wildman–Crippen LogP) is 2.60. The normalized spacial score (nSPS) is 17.6. The third-order valence-electron chi connectivity index (χ3n) is 5.45. The topological polar surface area (TPSA) is 70.7 Å². The fraction of sp³-hybridized carbons (Fsp3) is 0.619. The Morgan fingerprint density at radius 2 is 1.71 bits per heavy atom. The molecule has 1 aromatic carbocycles. The molecule has 2 amide bonds. The molecule has 3 rings (SSSR count). The molecule has 2 aliphatic rings. The number of ether oxygens (including phenoxy) is 1. The Labute approximate surface area is 173 Å². The van der Waals surface area contributed by atoms with Crippen molar-refractivity contribution in [2.75, 3.05) is 32.8 Å². The number of carbonyl (C=O) groups is 2. The Balaban J connectivity index is 0.00000280. The van der Waals surface area contributed by atoms with Gasteiger partial charge < -0.3 is 20.3 Å². The van der Waals surface area contributed by atoms with Crippen molar-refractivity contribution in [2.24, 2.45) is 0 Å². The second kappa shape index (κ2) is 10.7. The van der Waals surface area contributed by atoms with Crippen LogP contribution in [0.25, 0.3) is 0 Å². The van der Waals surface area contributed by atoms with Crippen molar-refractivity contribution >= 4 is 24.2 Å². The molecule has 28 heavy (non-hydrogen) atoms. The maximum absolute atomic E-state index is 12.6. The van der Waals surface area contributed by atoms with Crippen LogP contribution in [0.3, 0.4) is 0 Å². The third kappa shape index (κ3) is 5.85. The van der Waals surface area contributed by atoms with Crippen LogP contribution in [-0.4, -0.2) is 55.5 Å². The molecule has 0 atom stereocenters. The highest BCUT2D eigenvalue weighted by Gasteiger charge is 2.20. The summed E-state index contributed by atoms with van der Waals surface area (Å²) in [5.74, 6) is 0.712. The molecule has 1 aromatic rings. The first-order valence-electron chi connectivity index (χ1n) is 10.1. The number of carbonyl (C=O) groups excluding carboxylic acids is 2. The Kier molecular flexibility index (Phi) is 8.58. The van der Waals surface area contributed by atoms with E-state index in [1.807, 2.05) is 30.9 Å². The van der Waals surface area contributed by atoms with Gasteiger partial charge in [-0.2, -0.15) is 0 Å². The predicted molar refractivity (Wildman–Crippen MR) is 112 cm³/mol. The summed E-state index contributed by atoms with van der Waals surface area (Å²) < 4.78 is 5.84. The van der Waals surface area contributed by atoms with E-state index in [-0.39, 0.29) is 36.9 Å². The zero-order valence-electron chi connectivity index (χ0n) is 16.9. The molecule has 156 valence electrons. The van der Waals surface area contributed by atoms with E-state index >= 15 is 0 Å². The van der Waals surface area contributed by atoms with E-state index in [0.29, 0.717) is 11.3 Å². The van der Waals surface area contributed by atoms with Gasteiger partial charge in [-0.3, -0.25) is 9.59 Å². The Morgan fingerprint density at radius 1 is 1.11 bits per heavy atom. The molecule has 0 saturated carbocycles. The molecule has 2 saturated heterocycles. The maximum atomic E-state index is 12.6. The van der Waals surface area contributed by atoms with Gasteiger partial charge in [-0.05, 0) is 82.3 Å². The number of rotatable bonds is 5. The summed E-state index contributed by atoms with van der Waals surface area (Å²) in [5.41, 5.74) is 2.42. The summed E-state index contributed by atoms with van der Waals surface area (Å²) >= 11 is 0. The lowest BCUT2D eigenvalue weighted by Gasteiger charge is -2.27. The van der Waals surface area contributed by atoms with Crippen molar-refractivity contribution in [3.8, 4) is 5.75 Å². The monoisotopic (exact) mass is 409 g/mol. The van der Waals surface area contributed by atoms with Crippen LogP contribution in [-0.2, 0) is 4.79 Å². The summed E-state index contributed by atoms with van der Waals surface area (Å²) in [7, 11) is 0. The van der Waals surface area contributed by atoms with Gasteiger partial charge in [0.2, 0.25) is 0 Å². The molecular weight excluding hydrogens is 378 g/mol. The fourth-order valence-corrected chi connectivity index (χ4v) is 3.91. The Bertz CT molecular complexity index is 660. The zero-order chi connectivity index (χ0) is 19.2. The number of nitrogens with one attached hydrogen (secondary N) is 2. The minimum absolute atomic E-state index is 0. The van der Waals surface area contributed by atoms with Gasteiger partial charge in [0.1, 0.15) is 5.75 Å². The quantitative estimate of drug-likeness (QED) is 0.784. The average molecular weight is 410 g/mol. The Hall–Kier alpha value is -1.79. The first kappa shape index (κ1) is 22.5. The first-order valence-corrected chi connectivity index (χ1v) is 10.1. The molecule has 0 aliphatic carbocycles. The van der Waals surface area contributed by atoms with Crippen molar-refractivity contribution in [3.05, 3.63) is 28.8 Å². The van der Waals surface area contributed by atoms with Crippen molar-refractivity contribution < 1.29 is 14.3 Å². The number of aryl methyl sites for hydroxylation is 2. The number of nitrogens with zero attached hydrogens (tertiary/aromatic N) is 1. The molecule has 2 heterocycles. The van der Waals surface area contributed by atoms with Crippen LogP contribution in [0.5, 0.6) is 5.75 Å². The average Bonchev–Trinajstić information content (AvgIpc) is 2.68.